The highest BCUT2D eigenvalue weighted by molar-refractivity contribution is 6.00. The van der Waals surface area contributed by atoms with E-state index >= 15 is 0 Å². The lowest BCUT2D eigenvalue weighted by Crippen LogP contribution is -2.53. The Kier molecular flexibility index (Phi) is 14.6. The number of Topliss-reactive ketones (excluding diaryl/α,β-unsaturated/α-hetero) is 1. The summed E-state index contributed by atoms with van der Waals surface area (Å²) in [5.74, 6) is -3.65. The Balaban J connectivity index is 1.00. The van der Waals surface area contributed by atoms with Gasteiger partial charge >= 0.3 is 6.16 Å². The number of aromatic nitrogens is 2. The number of nitrogens with two attached hydrogens (primary N) is 1. The molecular formula is C45H50N6O13. The van der Waals surface area contributed by atoms with E-state index in [1.165, 1.54) is 33.1 Å². The molecule has 0 saturated heterocycles. The number of hydrogen-bond donors (Lipinski definition) is 5. The minimum Gasteiger partial charge on any atom is -0.490 e. The normalized spacial score (nSPS) is 16.2. The van der Waals surface area contributed by atoms with Crippen molar-refractivity contribution >= 4 is 52.2 Å². The number of carbonyl (C=O) groups excluding carboxylic acids is 6. The lowest BCUT2D eigenvalue weighted by atomic mass is 9.84. The number of aliphatic hydroxyl groups is 1. The van der Waals surface area contributed by atoms with E-state index in [-0.39, 0.29) is 74.4 Å². The molecular weight excluding hydrogens is 833 g/mol. The summed E-state index contributed by atoms with van der Waals surface area (Å²) in [5.41, 5.74) is 7.78. The SMILES string of the molecule is C=C1OCc2c(cc3n(c2=O)Cc2cc4cc(OC(=O)OCc5ccc(NC(=O)[C@H](CC(N)=O)NC(=O)[C@H](C)NC(=O)[C@H](C)CC(=O)COCCOC)cc5)ccc4nc2-3)[C@@]1(O)CC. The maximum atomic E-state index is 13.5. The fraction of sp³-hybridized carbons (Fsp3) is 0.378. The fourth-order valence-electron chi connectivity index (χ4n) is 7.27. The molecule has 0 spiro atoms. The summed E-state index contributed by atoms with van der Waals surface area (Å²) in [5, 5.41) is 19.5. The molecule has 4 aromatic rings. The Bertz CT molecular complexity index is 2560. The molecule has 19 nitrogen and oxygen atoms in total. The topological polar surface area (TPSA) is 266 Å². The molecule has 0 bridgehead atoms. The van der Waals surface area contributed by atoms with Crippen LogP contribution in [0.25, 0.3) is 22.3 Å². The predicted molar refractivity (Wildman–Crippen MR) is 229 cm³/mol. The monoisotopic (exact) mass is 882 g/mol. The van der Waals surface area contributed by atoms with E-state index in [4.69, 9.17) is 34.4 Å². The molecule has 0 unspecified atom stereocenters. The molecule has 2 aliphatic rings. The van der Waals surface area contributed by atoms with Crippen LogP contribution in [0.1, 0.15) is 62.3 Å². The van der Waals surface area contributed by atoms with Gasteiger partial charge in [0.25, 0.3) is 5.56 Å². The van der Waals surface area contributed by atoms with Crippen LogP contribution in [-0.2, 0) is 68.3 Å². The highest BCUT2D eigenvalue weighted by Crippen LogP contribution is 2.42. The van der Waals surface area contributed by atoms with E-state index in [9.17, 15) is 38.7 Å². The number of fused-ring (bicyclic) bond motifs is 5. The Morgan fingerprint density at radius 2 is 1.73 bits per heavy atom. The van der Waals surface area contributed by atoms with E-state index in [1.54, 1.807) is 47.9 Å². The van der Waals surface area contributed by atoms with Crippen LogP contribution in [0.3, 0.4) is 0 Å². The van der Waals surface area contributed by atoms with Crippen molar-refractivity contribution in [1.29, 1.82) is 0 Å². The van der Waals surface area contributed by atoms with Gasteiger partial charge in [-0.3, -0.25) is 28.8 Å². The van der Waals surface area contributed by atoms with Crippen LogP contribution in [0, 0.1) is 5.92 Å². The zero-order valence-corrected chi connectivity index (χ0v) is 35.8. The van der Waals surface area contributed by atoms with Gasteiger partial charge in [-0.25, -0.2) is 9.78 Å². The number of carbonyl (C=O) groups is 6. The fourth-order valence-corrected chi connectivity index (χ4v) is 7.27. The number of amides is 4. The first-order valence-corrected chi connectivity index (χ1v) is 20.5. The molecule has 64 heavy (non-hydrogen) atoms. The van der Waals surface area contributed by atoms with Gasteiger partial charge in [-0.15, -0.1) is 0 Å². The smallest absolute Gasteiger partial charge is 0.490 e. The van der Waals surface area contributed by atoms with Gasteiger partial charge in [-0.05, 0) is 61.4 Å². The molecule has 0 radical (unpaired) electrons. The van der Waals surface area contributed by atoms with Gasteiger partial charge in [0, 0.05) is 41.6 Å². The summed E-state index contributed by atoms with van der Waals surface area (Å²) >= 11 is 0. The average Bonchev–Trinajstić information content (AvgIpc) is 3.62. The largest absolute Gasteiger partial charge is 0.514 e. The third-order valence-corrected chi connectivity index (χ3v) is 10.9. The van der Waals surface area contributed by atoms with Gasteiger partial charge < -0.3 is 55.0 Å². The van der Waals surface area contributed by atoms with Crippen molar-refractivity contribution < 1.29 is 57.6 Å². The number of methoxy groups -OCH3 is 1. The third kappa shape index (κ3) is 10.6. The Labute approximate surface area is 367 Å². The van der Waals surface area contributed by atoms with Crippen LogP contribution in [-0.4, -0.2) is 89.2 Å². The molecule has 0 saturated carbocycles. The van der Waals surface area contributed by atoms with Crippen molar-refractivity contribution in [3.63, 3.8) is 0 Å². The number of rotatable bonds is 19. The van der Waals surface area contributed by atoms with E-state index in [2.05, 4.69) is 22.5 Å². The number of pyridine rings is 2. The lowest BCUT2D eigenvalue weighted by Gasteiger charge is -2.35. The molecule has 2 aromatic heterocycles. The molecule has 338 valence electrons. The lowest BCUT2D eigenvalue weighted by molar-refractivity contribution is -0.134. The van der Waals surface area contributed by atoms with Gasteiger partial charge in [-0.1, -0.05) is 32.6 Å². The molecule has 19 heteroatoms. The molecule has 6 rings (SSSR count). The van der Waals surface area contributed by atoms with E-state index in [0.29, 0.717) is 45.6 Å². The van der Waals surface area contributed by atoms with Gasteiger partial charge in [-0.2, -0.15) is 0 Å². The summed E-state index contributed by atoms with van der Waals surface area (Å²) in [7, 11) is 1.50. The number of benzene rings is 2. The first-order valence-electron chi connectivity index (χ1n) is 20.5. The van der Waals surface area contributed by atoms with Gasteiger partial charge in [0.2, 0.25) is 23.6 Å². The van der Waals surface area contributed by atoms with Crippen molar-refractivity contribution in [2.24, 2.45) is 11.7 Å². The Morgan fingerprint density at radius 3 is 2.44 bits per heavy atom. The molecule has 4 amide bonds. The van der Waals surface area contributed by atoms with Crippen molar-refractivity contribution in [3.8, 4) is 17.1 Å². The second-order valence-electron chi connectivity index (χ2n) is 15.6. The van der Waals surface area contributed by atoms with Gasteiger partial charge in [0.05, 0.1) is 48.6 Å². The Hall–Kier alpha value is -6.96. The van der Waals surface area contributed by atoms with Crippen molar-refractivity contribution in [3.05, 3.63) is 99.5 Å². The van der Waals surface area contributed by atoms with Crippen molar-refractivity contribution in [2.45, 2.75) is 77.5 Å². The summed E-state index contributed by atoms with van der Waals surface area (Å²) in [6.07, 6.45) is -1.36. The number of primary amides is 1. The quantitative estimate of drug-likeness (QED) is 0.0454. The maximum Gasteiger partial charge on any atom is 0.514 e. The predicted octanol–water partition coefficient (Wildman–Crippen LogP) is 2.84. The molecule has 2 aliphatic heterocycles. The molecule has 6 N–H and O–H groups in total. The summed E-state index contributed by atoms with van der Waals surface area (Å²) < 4.78 is 28.0. The van der Waals surface area contributed by atoms with Crippen LogP contribution in [0.5, 0.6) is 5.75 Å². The summed E-state index contributed by atoms with van der Waals surface area (Å²) in [6, 6.07) is 12.2. The van der Waals surface area contributed by atoms with Gasteiger partial charge in [0.1, 0.15) is 49.0 Å². The highest BCUT2D eigenvalue weighted by atomic mass is 16.7. The number of nitrogens with zero attached hydrogens (tertiary/aromatic N) is 2. The first kappa shape index (κ1) is 46.5. The second-order valence-corrected chi connectivity index (χ2v) is 15.6. The molecule has 0 fully saturated rings. The minimum atomic E-state index is -1.50. The van der Waals surface area contributed by atoms with Crippen LogP contribution in [0.15, 0.2) is 71.7 Å². The molecule has 4 heterocycles. The zero-order chi connectivity index (χ0) is 46.3. The van der Waals surface area contributed by atoms with Gasteiger partial charge in [0.15, 0.2) is 5.78 Å². The number of anilines is 1. The minimum absolute atomic E-state index is 0.0106. The number of nitrogens with one attached hydrogen (secondary N) is 3. The van der Waals surface area contributed by atoms with Crippen molar-refractivity contribution in [2.75, 3.05) is 32.2 Å². The second kappa shape index (κ2) is 20.0. The third-order valence-electron chi connectivity index (χ3n) is 10.9. The highest BCUT2D eigenvalue weighted by Gasteiger charge is 2.41. The Morgan fingerprint density at radius 1 is 0.984 bits per heavy atom. The molecule has 2 aromatic carbocycles. The molecule has 0 aliphatic carbocycles. The van der Waals surface area contributed by atoms with Crippen LogP contribution < -0.4 is 32.0 Å². The zero-order valence-electron chi connectivity index (χ0n) is 35.8. The van der Waals surface area contributed by atoms with E-state index in [0.717, 1.165) is 5.56 Å². The summed E-state index contributed by atoms with van der Waals surface area (Å²) in [4.78, 5) is 93.8. The standard InChI is InChI=1S/C45H50N6O13/c1-6-45(59)26(4)62-23-33-34(45)18-37-39-29(20-51(37)43(33)57)16-28-17-32(11-12-35(28)49-39)64-44(58)63-21-27-7-9-30(10-8-27)48-42(56)36(19-38(46)53)50-41(55)25(3)47-40(54)24(2)15-31(52)22-61-14-13-60-5/h7-12,16-18,24-25,36,59H,4,6,13-15,19-23H2,1-3,5H3,(H2,46,53)(H,47,54)(H,48,56)(H,50,55)/t24-,25+,36+,45-/m1/s1. The average molecular weight is 883 g/mol. The first-order chi connectivity index (χ1) is 30.5. The van der Waals surface area contributed by atoms with E-state index < -0.39 is 59.8 Å². The van der Waals surface area contributed by atoms with Crippen LogP contribution >= 0.6 is 0 Å². The van der Waals surface area contributed by atoms with Crippen molar-refractivity contribution in [1.82, 2.24) is 20.2 Å². The maximum absolute atomic E-state index is 13.5. The number of ketones is 1. The van der Waals surface area contributed by atoms with Crippen LogP contribution in [0.4, 0.5) is 10.5 Å². The number of hydrogen-bond acceptors (Lipinski definition) is 14. The number of ether oxygens (including phenoxy) is 5. The van der Waals surface area contributed by atoms with Crippen LogP contribution in [0.2, 0.25) is 0 Å². The summed E-state index contributed by atoms with van der Waals surface area (Å²) in [6.45, 7) is 9.00. The molecule has 4 atom stereocenters. The van der Waals surface area contributed by atoms with E-state index in [1.807, 2.05) is 6.07 Å².